The van der Waals surface area contributed by atoms with E-state index in [0.29, 0.717) is 0 Å². The fraction of sp³-hybridized carbons (Fsp3) is 0.462. The first-order valence-electron chi connectivity index (χ1n) is 6.00. The summed E-state index contributed by atoms with van der Waals surface area (Å²) in [6.07, 6.45) is 3.20. The van der Waals surface area contributed by atoms with Gasteiger partial charge in [-0.3, -0.25) is 0 Å². The highest BCUT2D eigenvalue weighted by molar-refractivity contribution is 5.89. The van der Waals surface area contributed by atoms with Crippen LogP contribution in [0, 0.1) is 5.82 Å². The van der Waals surface area contributed by atoms with Gasteiger partial charge in [-0.15, -0.1) is 0 Å². The van der Waals surface area contributed by atoms with Crippen molar-refractivity contribution in [2.45, 2.75) is 32.2 Å². The highest BCUT2D eigenvalue weighted by Gasteiger charge is 2.23. The lowest BCUT2D eigenvalue weighted by molar-refractivity contribution is 0.170. The largest absolute Gasteiger partial charge is 0.322 e. The highest BCUT2D eigenvalue weighted by Crippen LogP contribution is 2.19. The van der Waals surface area contributed by atoms with E-state index in [1.54, 1.807) is 23.1 Å². The lowest BCUT2D eigenvalue weighted by Crippen LogP contribution is -2.44. The van der Waals surface area contributed by atoms with Gasteiger partial charge < -0.3 is 10.2 Å². The van der Waals surface area contributed by atoms with E-state index in [1.165, 1.54) is 6.07 Å². The van der Waals surface area contributed by atoms with Gasteiger partial charge >= 0.3 is 6.03 Å². The van der Waals surface area contributed by atoms with Crippen molar-refractivity contribution < 1.29 is 9.18 Å². The van der Waals surface area contributed by atoms with Gasteiger partial charge in [0, 0.05) is 12.6 Å². The lowest BCUT2D eigenvalue weighted by Gasteiger charge is -2.33. The lowest BCUT2D eigenvalue weighted by atomic mass is 10.0. The van der Waals surface area contributed by atoms with Crippen molar-refractivity contribution in [3.63, 3.8) is 0 Å². The Balaban J connectivity index is 2.03. The van der Waals surface area contributed by atoms with Gasteiger partial charge in [0.05, 0.1) is 5.69 Å². The first-order valence-corrected chi connectivity index (χ1v) is 6.00. The smallest absolute Gasteiger partial charge is 0.322 e. The van der Waals surface area contributed by atoms with Crippen molar-refractivity contribution in [3.8, 4) is 0 Å². The standard InChI is InChI=1S/C13H17FN2O/c1-10-6-4-5-9-16(10)13(17)15-12-8-3-2-7-11(12)14/h2-3,7-8,10H,4-6,9H2,1H3,(H,15,17). The molecule has 0 aromatic heterocycles. The summed E-state index contributed by atoms with van der Waals surface area (Å²) < 4.78 is 13.4. The molecule has 3 nitrogen and oxygen atoms in total. The van der Waals surface area contributed by atoms with Crippen LogP contribution < -0.4 is 5.32 Å². The second kappa shape index (κ2) is 5.17. The summed E-state index contributed by atoms with van der Waals surface area (Å²) in [7, 11) is 0. The van der Waals surface area contributed by atoms with Crippen molar-refractivity contribution >= 4 is 11.7 Å². The number of benzene rings is 1. The first-order chi connectivity index (χ1) is 8.18. The van der Waals surface area contributed by atoms with Crippen LogP contribution in [0.3, 0.4) is 0 Å². The summed E-state index contributed by atoms with van der Waals surface area (Å²) in [5.74, 6) is -0.398. The second-order valence-electron chi connectivity index (χ2n) is 4.45. The van der Waals surface area contributed by atoms with Crippen LogP contribution in [0.25, 0.3) is 0 Å². The zero-order chi connectivity index (χ0) is 12.3. The van der Waals surface area contributed by atoms with E-state index in [4.69, 9.17) is 0 Å². The molecule has 17 heavy (non-hydrogen) atoms. The van der Waals surface area contributed by atoms with E-state index in [-0.39, 0.29) is 17.8 Å². The average Bonchev–Trinajstić information content (AvgIpc) is 2.32. The second-order valence-corrected chi connectivity index (χ2v) is 4.45. The van der Waals surface area contributed by atoms with Crippen molar-refractivity contribution in [3.05, 3.63) is 30.1 Å². The Morgan fingerprint density at radius 2 is 2.18 bits per heavy atom. The number of para-hydroxylation sites is 1. The molecule has 92 valence electrons. The van der Waals surface area contributed by atoms with Crippen LogP contribution in [0.4, 0.5) is 14.9 Å². The SMILES string of the molecule is CC1CCCCN1C(=O)Nc1ccccc1F. The van der Waals surface area contributed by atoms with E-state index in [9.17, 15) is 9.18 Å². The zero-order valence-electron chi connectivity index (χ0n) is 9.95. The number of rotatable bonds is 1. The van der Waals surface area contributed by atoms with Gasteiger partial charge in [0.1, 0.15) is 5.82 Å². The number of urea groups is 1. The molecule has 1 N–H and O–H groups in total. The summed E-state index contributed by atoms with van der Waals surface area (Å²) in [4.78, 5) is 13.8. The van der Waals surface area contributed by atoms with Gasteiger partial charge in [0.25, 0.3) is 0 Å². The van der Waals surface area contributed by atoms with Crippen LogP contribution in [-0.4, -0.2) is 23.5 Å². The molecule has 1 unspecified atom stereocenters. The molecule has 1 aromatic carbocycles. The summed E-state index contributed by atoms with van der Waals surface area (Å²) in [5.41, 5.74) is 0.246. The Labute approximate surface area is 101 Å². The van der Waals surface area contributed by atoms with E-state index < -0.39 is 5.82 Å². The molecule has 1 fully saturated rings. The van der Waals surface area contributed by atoms with Crippen molar-refractivity contribution in [2.75, 3.05) is 11.9 Å². The van der Waals surface area contributed by atoms with Crippen LogP contribution in [0.5, 0.6) is 0 Å². The van der Waals surface area contributed by atoms with Crippen molar-refractivity contribution in [2.24, 2.45) is 0 Å². The van der Waals surface area contributed by atoms with Crippen molar-refractivity contribution in [1.29, 1.82) is 0 Å². The van der Waals surface area contributed by atoms with E-state index in [0.717, 1.165) is 25.8 Å². The zero-order valence-corrected chi connectivity index (χ0v) is 9.95. The fourth-order valence-electron chi connectivity index (χ4n) is 2.15. The maximum absolute atomic E-state index is 13.4. The quantitative estimate of drug-likeness (QED) is 0.797. The molecule has 1 aromatic rings. The van der Waals surface area contributed by atoms with Gasteiger partial charge in [-0.2, -0.15) is 0 Å². The molecule has 1 aliphatic heterocycles. The monoisotopic (exact) mass is 236 g/mol. The molecule has 0 bridgehead atoms. The van der Waals surface area contributed by atoms with E-state index in [2.05, 4.69) is 5.32 Å². The number of anilines is 1. The Hall–Kier alpha value is -1.58. The van der Waals surface area contributed by atoms with Crippen LogP contribution in [0.1, 0.15) is 26.2 Å². The molecular formula is C13H17FN2O. The predicted octanol–water partition coefficient (Wildman–Crippen LogP) is 3.23. The number of hydrogen-bond donors (Lipinski definition) is 1. The third kappa shape index (κ3) is 2.75. The van der Waals surface area contributed by atoms with Gasteiger partial charge in [-0.1, -0.05) is 12.1 Å². The molecule has 1 atom stereocenters. The Bertz CT molecular complexity index is 408. The number of hydrogen-bond acceptors (Lipinski definition) is 1. The molecule has 2 amide bonds. The highest BCUT2D eigenvalue weighted by atomic mass is 19.1. The number of amides is 2. The van der Waals surface area contributed by atoms with Gasteiger partial charge in [0.2, 0.25) is 0 Å². The van der Waals surface area contributed by atoms with Crippen LogP contribution in [0.2, 0.25) is 0 Å². The minimum atomic E-state index is -0.398. The summed E-state index contributed by atoms with van der Waals surface area (Å²) >= 11 is 0. The summed E-state index contributed by atoms with van der Waals surface area (Å²) in [6.45, 7) is 2.78. The molecule has 2 rings (SSSR count). The molecular weight excluding hydrogens is 219 g/mol. The number of carbonyl (C=O) groups excluding carboxylic acids is 1. The van der Waals surface area contributed by atoms with Crippen LogP contribution in [-0.2, 0) is 0 Å². The third-order valence-electron chi connectivity index (χ3n) is 3.18. The maximum atomic E-state index is 13.4. The molecule has 1 heterocycles. The van der Waals surface area contributed by atoms with E-state index >= 15 is 0 Å². The third-order valence-corrected chi connectivity index (χ3v) is 3.18. The maximum Gasteiger partial charge on any atom is 0.322 e. The molecule has 0 aliphatic carbocycles. The average molecular weight is 236 g/mol. The van der Waals surface area contributed by atoms with Gasteiger partial charge in [0.15, 0.2) is 0 Å². The molecule has 0 spiro atoms. The minimum Gasteiger partial charge on any atom is -0.322 e. The normalized spacial score (nSPS) is 20.1. The van der Waals surface area contributed by atoms with Gasteiger partial charge in [-0.05, 0) is 38.3 Å². The predicted molar refractivity (Wildman–Crippen MR) is 65.4 cm³/mol. The molecule has 1 saturated heterocycles. The Morgan fingerprint density at radius 1 is 1.41 bits per heavy atom. The first kappa shape index (κ1) is 11.9. The number of nitrogens with one attached hydrogen (secondary N) is 1. The van der Waals surface area contributed by atoms with Crippen LogP contribution >= 0.6 is 0 Å². The Morgan fingerprint density at radius 3 is 2.88 bits per heavy atom. The summed E-state index contributed by atoms with van der Waals surface area (Å²) in [6, 6.07) is 6.25. The number of nitrogens with zero attached hydrogens (tertiary/aromatic N) is 1. The number of likely N-dealkylation sites (tertiary alicyclic amines) is 1. The molecule has 1 aliphatic rings. The molecule has 0 saturated carbocycles. The number of piperidine rings is 1. The molecule has 4 heteroatoms. The minimum absolute atomic E-state index is 0.206. The Kier molecular flexibility index (Phi) is 3.61. The van der Waals surface area contributed by atoms with Crippen LogP contribution in [0.15, 0.2) is 24.3 Å². The topological polar surface area (TPSA) is 32.3 Å². The van der Waals surface area contributed by atoms with E-state index in [1.807, 2.05) is 6.92 Å². The van der Waals surface area contributed by atoms with Gasteiger partial charge in [-0.25, -0.2) is 9.18 Å². The van der Waals surface area contributed by atoms with Crippen molar-refractivity contribution in [1.82, 2.24) is 4.90 Å². The number of halogens is 1. The summed E-state index contributed by atoms with van der Waals surface area (Å²) in [5, 5.41) is 2.62. The molecule has 0 radical (unpaired) electrons. The fourth-order valence-corrected chi connectivity index (χ4v) is 2.15. The number of carbonyl (C=O) groups is 1.